The topological polar surface area (TPSA) is 67.6 Å². The van der Waals surface area contributed by atoms with E-state index in [0.717, 1.165) is 34.7 Å². The van der Waals surface area contributed by atoms with Gasteiger partial charge in [-0.1, -0.05) is 42.8 Å². The number of carbonyl (C=O) groups is 1. The summed E-state index contributed by atoms with van der Waals surface area (Å²) in [6.07, 6.45) is 0.600. The summed E-state index contributed by atoms with van der Waals surface area (Å²) in [5, 5.41) is 11.5. The smallest absolute Gasteiger partial charge is 0.227 e. The SMILES string of the molecule is CCc1ccc(OC[C@@H](O)Cn2c([C@@H]3CC(=O)N(c4ccc(Cl)cc4)C3)nc3ccccc32)cc1. The van der Waals surface area contributed by atoms with Crippen molar-refractivity contribution in [3.63, 3.8) is 0 Å². The van der Waals surface area contributed by atoms with Gasteiger partial charge in [-0.15, -0.1) is 0 Å². The van der Waals surface area contributed by atoms with Gasteiger partial charge in [-0.25, -0.2) is 4.98 Å². The van der Waals surface area contributed by atoms with Crippen LogP contribution in [-0.4, -0.2) is 39.8 Å². The molecule has 2 atom stereocenters. The summed E-state index contributed by atoms with van der Waals surface area (Å²) in [5.74, 6) is 1.51. The highest BCUT2D eigenvalue weighted by molar-refractivity contribution is 6.30. The van der Waals surface area contributed by atoms with E-state index in [9.17, 15) is 9.90 Å². The number of aliphatic hydroxyl groups excluding tert-OH is 1. The molecule has 0 spiro atoms. The van der Waals surface area contributed by atoms with Gasteiger partial charge in [0.05, 0.1) is 17.6 Å². The van der Waals surface area contributed by atoms with Crippen molar-refractivity contribution < 1.29 is 14.6 Å². The first-order valence-corrected chi connectivity index (χ1v) is 12.3. The van der Waals surface area contributed by atoms with Crippen LogP contribution in [0, 0.1) is 0 Å². The fraction of sp³-hybridized carbons (Fsp3) is 0.286. The zero-order chi connectivity index (χ0) is 24.4. The van der Waals surface area contributed by atoms with Gasteiger partial charge in [0.15, 0.2) is 0 Å². The Bertz CT molecular complexity index is 1320. The lowest BCUT2D eigenvalue weighted by molar-refractivity contribution is -0.117. The molecule has 1 fully saturated rings. The third-order valence-corrected chi connectivity index (χ3v) is 6.73. The minimum atomic E-state index is -0.735. The molecule has 2 heterocycles. The van der Waals surface area contributed by atoms with Crippen molar-refractivity contribution in [2.45, 2.75) is 38.3 Å². The molecule has 0 radical (unpaired) electrons. The van der Waals surface area contributed by atoms with E-state index >= 15 is 0 Å². The number of hydrogen-bond acceptors (Lipinski definition) is 4. The van der Waals surface area contributed by atoms with Gasteiger partial charge < -0.3 is 19.3 Å². The molecule has 1 saturated heterocycles. The minimum absolute atomic E-state index is 0.0512. The molecule has 4 aromatic rings. The van der Waals surface area contributed by atoms with Crippen molar-refractivity contribution >= 4 is 34.2 Å². The zero-order valence-corrected chi connectivity index (χ0v) is 20.4. The molecule has 1 aromatic heterocycles. The highest BCUT2D eigenvalue weighted by Gasteiger charge is 2.35. The molecule has 0 bridgehead atoms. The number of anilines is 1. The van der Waals surface area contributed by atoms with E-state index in [0.29, 0.717) is 24.5 Å². The second kappa shape index (κ2) is 10.1. The number of benzene rings is 3. The Hall–Kier alpha value is -3.35. The molecule has 6 nitrogen and oxygen atoms in total. The molecule has 1 amide bonds. The molecule has 0 aliphatic carbocycles. The highest BCUT2D eigenvalue weighted by atomic mass is 35.5. The van der Waals surface area contributed by atoms with E-state index in [-0.39, 0.29) is 18.4 Å². The molecular weight excluding hydrogens is 462 g/mol. The first kappa shape index (κ1) is 23.4. The number of ether oxygens (including phenoxy) is 1. The number of imidazole rings is 1. The predicted octanol–water partition coefficient (Wildman–Crippen LogP) is 5.21. The Labute approximate surface area is 209 Å². The zero-order valence-electron chi connectivity index (χ0n) is 19.6. The average Bonchev–Trinajstić information content (AvgIpc) is 3.44. The van der Waals surface area contributed by atoms with Crippen LogP contribution in [0.5, 0.6) is 5.75 Å². The molecule has 0 unspecified atom stereocenters. The Morgan fingerprint density at radius 2 is 1.83 bits per heavy atom. The molecule has 1 aliphatic heterocycles. The number of fused-ring (bicyclic) bond motifs is 1. The number of hydrogen-bond donors (Lipinski definition) is 1. The Morgan fingerprint density at radius 1 is 1.09 bits per heavy atom. The number of amides is 1. The van der Waals surface area contributed by atoms with Crippen LogP contribution in [0.25, 0.3) is 11.0 Å². The number of carbonyl (C=O) groups excluding carboxylic acids is 1. The molecular formula is C28H28ClN3O3. The molecule has 1 aliphatic rings. The second-order valence-corrected chi connectivity index (χ2v) is 9.35. The largest absolute Gasteiger partial charge is 0.491 e. The molecule has 3 aromatic carbocycles. The van der Waals surface area contributed by atoms with Gasteiger partial charge in [-0.3, -0.25) is 4.79 Å². The summed E-state index contributed by atoms with van der Waals surface area (Å²) in [6.45, 7) is 3.13. The van der Waals surface area contributed by atoms with Gasteiger partial charge in [-0.05, 0) is 60.5 Å². The number of rotatable bonds is 8. The lowest BCUT2D eigenvalue weighted by atomic mass is 10.1. The van der Waals surface area contributed by atoms with Gasteiger partial charge in [0, 0.05) is 29.6 Å². The van der Waals surface area contributed by atoms with Crippen molar-refractivity contribution in [3.05, 3.63) is 89.2 Å². The van der Waals surface area contributed by atoms with Crippen LogP contribution in [0.2, 0.25) is 5.02 Å². The Morgan fingerprint density at radius 3 is 2.57 bits per heavy atom. The van der Waals surface area contributed by atoms with E-state index in [2.05, 4.69) is 6.92 Å². The maximum Gasteiger partial charge on any atom is 0.227 e. The van der Waals surface area contributed by atoms with Gasteiger partial charge in [0.2, 0.25) is 5.91 Å². The van der Waals surface area contributed by atoms with Crippen molar-refractivity contribution in [2.24, 2.45) is 0 Å². The number of nitrogens with zero attached hydrogens (tertiary/aromatic N) is 3. The summed E-state index contributed by atoms with van der Waals surface area (Å²) in [4.78, 5) is 19.5. The highest BCUT2D eigenvalue weighted by Crippen LogP contribution is 2.33. The third kappa shape index (κ3) is 5.04. The van der Waals surface area contributed by atoms with E-state index in [1.807, 2.05) is 65.2 Å². The van der Waals surface area contributed by atoms with Crippen LogP contribution >= 0.6 is 11.6 Å². The maximum absolute atomic E-state index is 12.9. The van der Waals surface area contributed by atoms with Gasteiger partial charge >= 0.3 is 0 Å². The Balaban J connectivity index is 1.35. The van der Waals surface area contributed by atoms with Crippen molar-refractivity contribution in [2.75, 3.05) is 18.1 Å². The summed E-state index contributed by atoms with van der Waals surface area (Å²) >= 11 is 6.02. The van der Waals surface area contributed by atoms with Crippen LogP contribution in [0.15, 0.2) is 72.8 Å². The third-order valence-electron chi connectivity index (χ3n) is 6.48. The van der Waals surface area contributed by atoms with Crippen molar-refractivity contribution in [1.82, 2.24) is 9.55 Å². The summed E-state index contributed by atoms with van der Waals surface area (Å²) < 4.78 is 7.87. The normalized spacial score (nSPS) is 16.7. The van der Waals surface area contributed by atoms with Crippen LogP contribution in [0.3, 0.4) is 0 Å². The fourth-order valence-corrected chi connectivity index (χ4v) is 4.75. The molecule has 180 valence electrons. The lowest BCUT2D eigenvalue weighted by Gasteiger charge is -2.19. The molecule has 5 rings (SSSR count). The van der Waals surface area contributed by atoms with Crippen LogP contribution < -0.4 is 9.64 Å². The number of aryl methyl sites for hydroxylation is 1. The summed E-state index contributed by atoms with van der Waals surface area (Å²) in [7, 11) is 0. The van der Waals surface area contributed by atoms with Gasteiger partial charge in [0.25, 0.3) is 0 Å². The lowest BCUT2D eigenvalue weighted by Crippen LogP contribution is -2.26. The number of halogens is 1. The number of para-hydroxylation sites is 2. The first-order chi connectivity index (χ1) is 17.0. The van der Waals surface area contributed by atoms with E-state index in [1.54, 1.807) is 17.0 Å². The maximum atomic E-state index is 12.9. The minimum Gasteiger partial charge on any atom is -0.491 e. The van der Waals surface area contributed by atoms with E-state index < -0.39 is 6.10 Å². The summed E-state index contributed by atoms with van der Waals surface area (Å²) in [5.41, 5.74) is 3.85. The second-order valence-electron chi connectivity index (χ2n) is 8.91. The standard InChI is InChI=1S/C28H28ClN3O3/c1-2-19-7-13-24(14-8-19)35-18-23(33)17-32-26-6-4-3-5-25(26)30-28(32)20-15-27(34)31(16-20)22-11-9-21(29)10-12-22/h3-14,20,23,33H,2,15-18H2,1H3/t20-,23+/m1/s1. The van der Waals surface area contributed by atoms with Crippen LogP contribution in [-0.2, 0) is 17.8 Å². The van der Waals surface area contributed by atoms with Gasteiger partial charge in [0.1, 0.15) is 24.3 Å². The van der Waals surface area contributed by atoms with Crippen LogP contribution in [0.4, 0.5) is 5.69 Å². The monoisotopic (exact) mass is 489 g/mol. The van der Waals surface area contributed by atoms with E-state index in [1.165, 1.54) is 5.56 Å². The predicted molar refractivity (Wildman–Crippen MR) is 138 cm³/mol. The number of aliphatic hydroxyl groups is 1. The van der Waals surface area contributed by atoms with Crippen molar-refractivity contribution in [1.29, 1.82) is 0 Å². The summed E-state index contributed by atoms with van der Waals surface area (Å²) in [6, 6.07) is 23.1. The quantitative estimate of drug-likeness (QED) is 0.369. The molecule has 1 N–H and O–H groups in total. The van der Waals surface area contributed by atoms with E-state index in [4.69, 9.17) is 21.3 Å². The average molecular weight is 490 g/mol. The molecule has 0 saturated carbocycles. The molecule has 7 heteroatoms. The first-order valence-electron chi connectivity index (χ1n) is 11.9. The Kier molecular flexibility index (Phi) is 6.75. The molecule has 35 heavy (non-hydrogen) atoms. The van der Waals surface area contributed by atoms with Crippen molar-refractivity contribution in [3.8, 4) is 5.75 Å². The van der Waals surface area contributed by atoms with Gasteiger partial charge in [-0.2, -0.15) is 0 Å². The number of aromatic nitrogens is 2. The van der Waals surface area contributed by atoms with Crippen LogP contribution in [0.1, 0.15) is 30.7 Å². The fourth-order valence-electron chi connectivity index (χ4n) is 4.63.